The summed E-state index contributed by atoms with van der Waals surface area (Å²) in [5, 5.41) is 3.91. The summed E-state index contributed by atoms with van der Waals surface area (Å²) < 4.78 is 1.44. The van der Waals surface area contributed by atoms with Gasteiger partial charge in [0.05, 0.1) is 0 Å². The first-order valence-electron chi connectivity index (χ1n) is 3.33. The lowest BCUT2D eigenvalue weighted by Gasteiger charge is -1.99. The van der Waals surface area contributed by atoms with Gasteiger partial charge in [0.15, 0.2) is 5.65 Å². The Morgan fingerprint density at radius 2 is 2.17 bits per heavy atom. The van der Waals surface area contributed by atoms with Gasteiger partial charge >= 0.3 is 0 Å². The van der Waals surface area contributed by atoms with Crippen LogP contribution in [0.15, 0.2) is 12.3 Å². The first kappa shape index (κ1) is 6.96. The minimum atomic E-state index is 0.340. The highest BCUT2D eigenvalue weighted by atomic mass is 15.3. The summed E-state index contributed by atoms with van der Waals surface area (Å²) in [4.78, 5) is 3.97. The van der Waals surface area contributed by atoms with Crippen molar-refractivity contribution in [1.82, 2.24) is 14.6 Å². The minimum Gasteiger partial charge on any atom is -0.384 e. The van der Waals surface area contributed by atoms with Gasteiger partial charge < -0.3 is 11.5 Å². The maximum Gasteiger partial charge on any atom is 0.152 e. The van der Waals surface area contributed by atoms with Crippen LogP contribution in [-0.2, 0) is 0 Å². The maximum absolute atomic E-state index is 5.60. The highest BCUT2D eigenvalue weighted by molar-refractivity contribution is 6.36. The SMILES string of the molecule is [B]c1cnn2c(N)cc(N)nc12. The van der Waals surface area contributed by atoms with E-state index in [9.17, 15) is 0 Å². The molecular weight excluding hydrogens is 153 g/mol. The van der Waals surface area contributed by atoms with Crippen LogP contribution in [0.4, 0.5) is 11.6 Å². The van der Waals surface area contributed by atoms with Gasteiger partial charge in [-0.05, 0) is 5.46 Å². The third kappa shape index (κ3) is 0.811. The lowest BCUT2D eigenvalue weighted by Crippen LogP contribution is -2.07. The first-order valence-corrected chi connectivity index (χ1v) is 3.33. The molecule has 0 unspecified atom stereocenters. The average Bonchev–Trinajstić information content (AvgIpc) is 2.33. The molecular formula is C6H6BN5. The molecule has 0 saturated carbocycles. The first-order chi connectivity index (χ1) is 5.68. The van der Waals surface area contributed by atoms with E-state index in [1.165, 1.54) is 16.8 Å². The number of fused-ring (bicyclic) bond motifs is 1. The summed E-state index contributed by atoms with van der Waals surface area (Å²) in [5.41, 5.74) is 12.0. The summed E-state index contributed by atoms with van der Waals surface area (Å²) in [6.45, 7) is 0. The Balaban J connectivity index is 2.92. The Morgan fingerprint density at radius 1 is 1.42 bits per heavy atom. The van der Waals surface area contributed by atoms with E-state index in [2.05, 4.69) is 10.1 Å². The molecule has 0 atom stereocenters. The largest absolute Gasteiger partial charge is 0.384 e. The zero-order chi connectivity index (χ0) is 8.72. The Bertz CT molecular complexity index is 435. The van der Waals surface area contributed by atoms with Crippen molar-refractivity contribution >= 4 is 30.6 Å². The fourth-order valence-corrected chi connectivity index (χ4v) is 1.02. The van der Waals surface area contributed by atoms with Crippen LogP contribution in [0.1, 0.15) is 0 Å². The highest BCUT2D eigenvalue weighted by Crippen LogP contribution is 2.07. The van der Waals surface area contributed by atoms with Gasteiger partial charge in [0.1, 0.15) is 19.5 Å². The van der Waals surface area contributed by atoms with Gasteiger partial charge in [0.25, 0.3) is 0 Å². The van der Waals surface area contributed by atoms with Crippen LogP contribution in [0, 0.1) is 0 Å². The van der Waals surface area contributed by atoms with E-state index in [1.54, 1.807) is 0 Å². The molecule has 2 heterocycles. The number of nitrogens with zero attached hydrogens (tertiary/aromatic N) is 3. The third-order valence-electron chi connectivity index (χ3n) is 1.55. The second-order valence-corrected chi connectivity index (χ2v) is 2.44. The van der Waals surface area contributed by atoms with Gasteiger partial charge in [-0.3, -0.25) is 0 Å². The van der Waals surface area contributed by atoms with Gasteiger partial charge in [-0.1, -0.05) is 0 Å². The molecule has 4 N–H and O–H groups in total. The molecule has 0 aliphatic rings. The van der Waals surface area contributed by atoms with Crippen molar-refractivity contribution in [2.24, 2.45) is 0 Å². The molecule has 0 aliphatic heterocycles. The summed E-state index contributed by atoms with van der Waals surface area (Å²) in [5.74, 6) is 0.765. The van der Waals surface area contributed by atoms with E-state index in [4.69, 9.17) is 19.3 Å². The van der Waals surface area contributed by atoms with E-state index in [-0.39, 0.29) is 0 Å². The number of nitrogens with two attached hydrogens (primary N) is 2. The molecule has 0 amide bonds. The monoisotopic (exact) mass is 159 g/mol. The zero-order valence-corrected chi connectivity index (χ0v) is 6.23. The van der Waals surface area contributed by atoms with Crippen LogP contribution in [0.25, 0.3) is 5.65 Å². The second-order valence-electron chi connectivity index (χ2n) is 2.44. The predicted molar refractivity (Wildman–Crippen MR) is 47.2 cm³/mol. The normalized spacial score (nSPS) is 10.7. The fourth-order valence-electron chi connectivity index (χ4n) is 1.02. The predicted octanol–water partition coefficient (Wildman–Crippen LogP) is -1.31. The molecule has 12 heavy (non-hydrogen) atoms. The molecule has 5 nitrogen and oxygen atoms in total. The van der Waals surface area contributed by atoms with Crippen LogP contribution in [0.5, 0.6) is 0 Å². The van der Waals surface area contributed by atoms with Crippen LogP contribution in [0.3, 0.4) is 0 Å². The molecule has 0 aliphatic carbocycles. The lowest BCUT2D eigenvalue weighted by atomic mass is 10.0. The molecule has 2 rings (SSSR count). The van der Waals surface area contributed by atoms with E-state index in [1.807, 2.05) is 0 Å². The second kappa shape index (κ2) is 2.13. The average molecular weight is 159 g/mol. The van der Waals surface area contributed by atoms with E-state index in [0.29, 0.717) is 22.7 Å². The van der Waals surface area contributed by atoms with Crippen molar-refractivity contribution in [3.63, 3.8) is 0 Å². The summed E-state index contributed by atoms with van der Waals surface area (Å²) in [7, 11) is 5.56. The van der Waals surface area contributed by atoms with Gasteiger partial charge in [-0.15, -0.1) is 0 Å². The van der Waals surface area contributed by atoms with Gasteiger partial charge in [-0.25, -0.2) is 9.50 Å². The number of hydrogen-bond acceptors (Lipinski definition) is 4. The number of hydrogen-bond donors (Lipinski definition) is 2. The molecule has 0 fully saturated rings. The van der Waals surface area contributed by atoms with Crippen molar-refractivity contribution in [2.75, 3.05) is 11.5 Å². The Hall–Kier alpha value is -1.72. The van der Waals surface area contributed by atoms with E-state index in [0.717, 1.165) is 0 Å². The summed E-state index contributed by atoms with van der Waals surface area (Å²) >= 11 is 0. The number of anilines is 2. The molecule has 2 aromatic rings. The van der Waals surface area contributed by atoms with Crippen molar-refractivity contribution in [3.8, 4) is 0 Å². The Labute approximate surface area is 69.8 Å². The Kier molecular flexibility index (Phi) is 1.24. The zero-order valence-electron chi connectivity index (χ0n) is 6.23. The maximum atomic E-state index is 5.60. The van der Waals surface area contributed by atoms with E-state index >= 15 is 0 Å². The number of nitrogen functional groups attached to an aromatic ring is 2. The molecule has 58 valence electrons. The molecule has 0 spiro atoms. The molecule has 2 aromatic heterocycles. The number of rotatable bonds is 0. The molecule has 2 radical (unpaired) electrons. The third-order valence-corrected chi connectivity index (χ3v) is 1.55. The molecule has 0 saturated heterocycles. The van der Waals surface area contributed by atoms with Crippen molar-refractivity contribution in [2.45, 2.75) is 0 Å². The molecule has 0 aromatic carbocycles. The van der Waals surface area contributed by atoms with Gasteiger partial charge in [0, 0.05) is 12.3 Å². The van der Waals surface area contributed by atoms with Crippen molar-refractivity contribution < 1.29 is 0 Å². The van der Waals surface area contributed by atoms with Crippen molar-refractivity contribution in [3.05, 3.63) is 12.3 Å². The van der Waals surface area contributed by atoms with Crippen LogP contribution >= 0.6 is 0 Å². The summed E-state index contributed by atoms with van der Waals surface area (Å²) in [6.07, 6.45) is 1.48. The highest BCUT2D eigenvalue weighted by Gasteiger charge is 2.03. The van der Waals surface area contributed by atoms with Crippen LogP contribution in [0.2, 0.25) is 0 Å². The van der Waals surface area contributed by atoms with Crippen LogP contribution < -0.4 is 16.9 Å². The van der Waals surface area contributed by atoms with E-state index < -0.39 is 0 Å². The smallest absolute Gasteiger partial charge is 0.152 e. The summed E-state index contributed by atoms with van der Waals surface area (Å²) in [6, 6.07) is 1.53. The quantitative estimate of drug-likeness (QED) is 0.467. The topological polar surface area (TPSA) is 82.2 Å². The van der Waals surface area contributed by atoms with Gasteiger partial charge in [-0.2, -0.15) is 5.10 Å². The number of aromatic nitrogens is 3. The molecule has 6 heteroatoms. The minimum absolute atomic E-state index is 0.340. The van der Waals surface area contributed by atoms with Crippen LogP contribution in [-0.4, -0.2) is 22.4 Å². The Morgan fingerprint density at radius 3 is 2.92 bits per heavy atom. The molecule has 0 bridgehead atoms. The van der Waals surface area contributed by atoms with Crippen molar-refractivity contribution in [1.29, 1.82) is 0 Å². The lowest BCUT2D eigenvalue weighted by molar-refractivity contribution is 0.954. The van der Waals surface area contributed by atoms with Gasteiger partial charge in [0.2, 0.25) is 0 Å². The fraction of sp³-hybridized carbons (Fsp3) is 0. The standard InChI is InChI=1S/C6H6BN5/c7-3-2-10-12-5(9)1-4(8)11-6(3)12/h1-2H,9H2,(H2,8,11).